The van der Waals surface area contributed by atoms with Crippen LogP contribution in [0, 0.1) is 11.8 Å². The Morgan fingerprint density at radius 3 is 2.45 bits per heavy atom. The van der Waals surface area contributed by atoms with Crippen molar-refractivity contribution in [1.82, 2.24) is 0 Å². The Hall–Kier alpha value is -1.38. The van der Waals surface area contributed by atoms with Gasteiger partial charge in [0, 0.05) is 0 Å². The van der Waals surface area contributed by atoms with Crippen LogP contribution in [0.5, 0.6) is 0 Å². The Bertz CT molecular complexity index is 459. The quantitative estimate of drug-likeness (QED) is 0.808. The predicted molar refractivity (Wildman–Crippen MR) is 87.3 cm³/mol. The van der Waals surface area contributed by atoms with Gasteiger partial charge in [-0.15, -0.1) is 6.58 Å². The van der Waals surface area contributed by atoms with Crippen molar-refractivity contribution in [2.75, 3.05) is 13.1 Å². The normalized spacial score (nSPS) is 24.8. The summed E-state index contributed by atoms with van der Waals surface area (Å²) in [4.78, 5) is 0. The van der Waals surface area contributed by atoms with Crippen molar-refractivity contribution in [3.63, 3.8) is 0 Å². The number of nitrogens with two attached hydrogens (primary N) is 2. The lowest BCUT2D eigenvalue weighted by Crippen LogP contribution is -2.27. The molecule has 0 spiro atoms. The van der Waals surface area contributed by atoms with Gasteiger partial charge in [-0.3, -0.25) is 0 Å². The van der Waals surface area contributed by atoms with Gasteiger partial charge in [0.2, 0.25) is 0 Å². The third-order valence-electron chi connectivity index (χ3n) is 4.30. The molecular formula is C18H26N2. The summed E-state index contributed by atoms with van der Waals surface area (Å²) in [5.41, 5.74) is 15.8. The van der Waals surface area contributed by atoms with E-state index in [2.05, 4.69) is 36.9 Å². The van der Waals surface area contributed by atoms with Crippen molar-refractivity contribution >= 4 is 6.08 Å². The maximum absolute atomic E-state index is 5.91. The number of allylic oxidation sites excluding steroid dienone is 1. The van der Waals surface area contributed by atoms with Crippen LogP contribution in [-0.4, -0.2) is 13.1 Å². The summed E-state index contributed by atoms with van der Waals surface area (Å²) < 4.78 is 0. The molecule has 1 aromatic rings. The van der Waals surface area contributed by atoms with E-state index < -0.39 is 0 Å². The van der Waals surface area contributed by atoms with E-state index in [4.69, 9.17) is 11.5 Å². The van der Waals surface area contributed by atoms with Crippen molar-refractivity contribution in [2.45, 2.75) is 25.7 Å². The van der Waals surface area contributed by atoms with E-state index in [0.717, 1.165) is 25.9 Å². The summed E-state index contributed by atoms with van der Waals surface area (Å²) in [7, 11) is 0. The molecule has 0 bridgehead atoms. The van der Waals surface area contributed by atoms with Gasteiger partial charge in [-0.05, 0) is 61.7 Å². The molecule has 4 N–H and O–H groups in total. The number of benzene rings is 1. The molecule has 1 fully saturated rings. The Balaban J connectivity index is 2.15. The van der Waals surface area contributed by atoms with Crippen molar-refractivity contribution in [3.8, 4) is 0 Å². The average Bonchev–Trinajstić information content (AvgIpc) is 2.49. The van der Waals surface area contributed by atoms with E-state index in [-0.39, 0.29) is 0 Å². The maximum Gasteiger partial charge on any atom is -0.00114 e. The minimum absolute atomic E-state index is 0.533. The average molecular weight is 270 g/mol. The van der Waals surface area contributed by atoms with Crippen molar-refractivity contribution in [3.05, 3.63) is 53.6 Å². The lowest BCUT2D eigenvalue weighted by Gasteiger charge is -2.30. The highest BCUT2D eigenvalue weighted by atomic mass is 14.6. The van der Waals surface area contributed by atoms with Gasteiger partial charge < -0.3 is 11.5 Å². The van der Waals surface area contributed by atoms with Gasteiger partial charge in [0.15, 0.2) is 0 Å². The minimum atomic E-state index is 0.533. The van der Waals surface area contributed by atoms with Crippen molar-refractivity contribution in [1.29, 1.82) is 0 Å². The third kappa shape index (κ3) is 3.81. The number of hydrogen-bond acceptors (Lipinski definition) is 2. The fourth-order valence-corrected chi connectivity index (χ4v) is 3.00. The van der Waals surface area contributed by atoms with Crippen LogP contribution in [0.2, 0.25) is 0 Å². The first-order valence-corrected chi connectivity index (χ1v) is 7.57. The molecule has 0 radical (unpaired) electrons. The summed E-state index contributed by atoms with van der Waals surface area (Å²) in [5, 5.41) is 0. The Morgan fingerprint density at radius 2 is 1.85 bits per heavy atom. The number of rotatable bonds is 5. The molecule has 2 nitrogen and oxygen atoms in total. The van der Waals surface area contributed by atoms with Crippen LogP contribution in [0.15, 0.2) is 42.5 Å². The first-order chi connectivity index (χ1) is 9.76. The minimum Gasteiger partial charge on any atom is -0.330 e. The van der Waals surface area contributed by atoms with Crippen molar-refractivity contribution in [2.24, 2.45) is 23.3 Å². The zero-order chi connectivity index (χ0) is 14.4. The molecule has 1 aromatic carbocycles. The summed E-state index contributed by atoms with van der Waals surface area (Å²) in [6.45, 7) is 5.31. The molecule has 1 aliphatic rings. The second kappa shape index (κ2) is 7.41. The maximum atomic E-state index is 5.91. The van der Waals surface area contributed by atoms with Crippen LogP contribution < -0.4 is 11.5 Å². The molecular weight excluding hydrogens is 244 g/mol. The van der Waals surface area contributed by atoms with Crippen LogP contribution in [0.1, 0.15) is 30.4 Å². The van der Waals surface area contributed by atoms with E-state index >= 15 is 0 Å². The topological polar surface area (TPSA) is 52.0 Å². The monoisotopic (exact) mass is 270 g/mol. The SMILES string of the molecule is C=CCc1ccc(C=C2CC(CN)CCC2CN)cc1. The van der Waals surface area contributed by atoms with Crippen LogP contribution in [0.4, 0.5) is 0 Å². The Morgan fingerprint density at radius 1 is 1.10 bits per heavy atom. The lowest BCUT2D eigenvalue weighted by atomic mass is 9.77. The van der Waals surface area contributed by atoms with Gasteiger partial charge in [0.25, 0.3) is 0 Å². The van der Waals surface area contributed by atoms with E-state index in [1.807, 2.05) is 6.08 Å². The van der Waals surface area contributed by atoms with E-state index in [9.17, 15) is 0 Å². The fourth-order valence-electron chi connectivity index (χ4n) is 3.00. The lowest BCUT2D eigenvalue weighted by molar-refractivity contribution is 0.361. The molecule has 1 aliphatic carbocycles. The summed E-state index contributed by atoms with van der Waals surface area (Å²) in [6.07, 6.45) is 8.68. The Kier molecular flexibility index (Phi) is 5.57. The number of hydrogen-bond donors (Lipinski definition) is 2. The van der Waals surface area contributed by atoms with E-state index in [1.54, 1.807) is 0 Å². The summed E-state index contributed by atoms with van der Waals surface area (Å²) in [5.74, 6) is 1.16. The largest absolute Gasteiger partial charge is 0.330 e. The first-order valence-electron chi connectivity index (χ1n) is 7.57. The van der Waals surface area contributed by atoms with Gasteiger partial charge in [0.05, 0.1) is 0 Å². The zero-order valence-corrected chi connectivity index (χ0v) is 12.2. The molecule has 108 valence electrons. The molecule has 0 aliphatic heterocycles. The van der Waals surface area contributed by atoms with Gasteiger partial charge in [-0.1, -0.05) is 42.0 Å². The molecule has 2 heteroatoms. The van der Waals surface area contributed by atoms with Crippen molar-refractivity contribution < 1.29 is 0 Å². The highest BCUT2D eigenvalue weighted by molar-refractivity contribution is 5.54. The van der Waals surface area contributed by atoms with Gasteiger partial charge >= 0.3 is 0 Å². The van der Waals surface area contributed by atoms with Crippen LogP contribution in [0.25, 0.3) is 6.08 Å². The van der Waals surface area contributed by atoms with Gasteiger partial charge in [-0.2, -0.15) is 0 Å². The highest BCUT2D eigenvalue weighted by Crippen LogP contribution is 2.33. The smallest absolute Gasteiger partial charge is 0.00114 e. The predicted octanol–water partition coefficient (Wildman–Crippen LogP) is 3.13. The molecule has 0 aromatic heterocycles. The molecule has 0 heterocycles. The summed E-state index contributed by atoms with van der Waals surface area (Å²) >= 11 is 0. The molecule has 0 saturated heterocycles. The Labute approximate surface area is 122 Å². The van der Waals surface area contributed by atoms with Gasteiger partial charge in [-0.25, -0.2) is 0 Å². The summed E-state index contributed by atoms with van der Waals surface area (Å²) in [6, 6.07) is 8.72. The van der Waals surface area contributed by atoms with Crippen LogP contribution in [0.3, 0.4) is 0 Å². The van der Waals surface area contributed by atoms with Gasteiger partial charge in [0.1, 0.15) is 0 Å². The second-order valence-corrected chi connectivity index (χ2v) is 5.77. The fraction of sp³-hybridized carbons (Fsp3) is 0.444. The molecule has 1 saturated carbocycles. The van der Waals surface area contributed by atoms with E-state index in [0.29, 0.717) is 11.8 Å². The zero-order valence-electron chi connectivity index (χ0n) is 12.2. The van der Waals surface area contributed by atoms with Crippen LogP contribution in [-0.2, 0) is 6.42 Å². The molecule has 2 rings (SSSR count). The molecule has 20 heavy (non-hydrogen) atoms. The molecule has 2 atom stereocenters. The first kappa shape index (κ1) is 15.0. The second-order valence-electron chi connectivity index (χ2n) is 5.77. The highest BCUT2D eigenvalue weighted by Gasteiger charge is 2.23. The standard InChI is InChI=1S/C18H26N2/c1-2-3-14-4-6-15(7-5-14)10-18-11-16(12-19)8-9-17(18)13-20/h2,4-7,10,16-17H,1,3,8-9,11-13,19-20H2. The van der Waals surface area contributed by atoms with E-state index in [1.165, 1.54) is 29.5 Å². The third-order valence-corrected chi connectivity index (χ3v) is 4.30. The molecule has 2 unspecified atom stereocenters. The molecule has 0 amide bonds. The van der Waals surface area contributed by atoms with Crippen LogP contribution >= 0.6 is 0 Å².